The van der Waals surface area contributed by atoms with E-state index in [9.17, 15) is 19.2 Å². The summed E-state index contributed by atoms with van der Waals surface area (Å²) in [5.74, 6) is 0.0792. The van der Waals surface area contributed by atoms with Gasteiger partial charge >= 0.3 is 6.09 Å². The van der Waals surface area contributed by atoms with Crippen LogP contribution in [0.15, 0.2) is 18.2 Å². The van der Waals surface area contributed by atoms with Crippen molar-refractivity contribution in [1.29, 1.82) is 0 Å². The molecule has 2 heterocycles. The van der Waals surface area contributed by atoms with Crippen LogP contribution in [0.3, 0.4) is 0 Å². The van der Waals surface area contributed by atoms with Crippen LogP contribution in [0.5, 0.6) is 5.75 Å². The van der Waals surface area contributed by atoms with Crippen LogP contribution in [0.25, 0.3) is 0 Å². The van der Waals surface area contributed by atoms with Gasteiger partial charge in [-0.25, -0.2) is 4.79 Å². The fourth-order valence-electron chi connectivity index (χ4n) is 3.67. The number of rotatable bonds is 4. The second-order valence-electron chi connectivity index (χ2n) is 9.11. The number of hydrogen-bond donors (Lipinski definition) is 0. The van der Waals surface area contributed by atoms with Gasteiger partial charge in [0.25, 0.3) is 5.91 Å². The van der Waals surface area contributed by atoms with Crippen LogP contribution in [-0.4, -0.2) is 78.4 Å². The van der Waals surface area contributed by atoms with Crippen molar-refractivity contribution in [3.63, 3.8) is 0 Å². The smallest absolute Gasteiger partial charge is 0.410 e. The first kappa shape index (κ1) is 23.6. The number of Topliss-reactive ketones (excluding diaryl/α,β-unsaturated/α-hetero) is 1. The van der Waals surface area contributed by atoms with E-state index >= 15 is 0 Å². The number of piperazine rings is 1. The standard InChI is InChI=1S/C23H31N3O6/c1-15-21(29)24(5)17-14-16(6-8-19(17)31-15)18(27)7-9-20(28)25-10-12-26(13-11-25)22(30)32-23(2,3)4/h6,8,14-15H,7,9-13H2,1-5H3. The van der Waals surface area contributed by atoms with Crippen LogP contribution in [0.1, 0.15) is 50.9 Å². The van der Waals surface area contributed by atoms with E-state index < -0.39 is 11.7 Å². The fourth-order valence-corrected chi connectivity index (χ4v) is 3.67. The fraction of sp³-hybridized carbons (Fsp3) is 0.565. The van der Waals surface area contributed by atoms with Gasteiger partial charge < -0.3 is 24.2 Å². The molecule has 1 saturated heterocycles. The highest BCUT2D eigenvalue weighted by atomic mass is 16.6. The highest BCUT2D eigenvalue weighted by Crippen LogP contribution is 2.34. The molecular weight excluding hydrogens is 414 g/mol. The molecule has 0 spiro atoms. The second-order valence-corrected chi connectivity index (χ2v) is 9.11. The normalized spacial score (nSPS) is 18.7. The Labute approximate surface area is 188 Å². The summed E-state index contributed by atoms with van der Waals surface area (Å²) >= 11 is 0. The molecule has 3 rings (SSSR count). The van der Waals surface area contributed by atoms with Gasteiger partial charge in [0, 0.05) is 51.6 Å². The number of anilines is 1. The Morgan fingerprint density at radius 3 is 2.31 bits per heavy atom. The van der Waals surface area contributed by atoms with Gasteiger partial charge in [-0.3, -0.25) is 14.4 Å². The molecule has 9 nitrogen and oxygen atoms in total. The third-order valence-electron chi connectivity index (χ3n) is 5.47. The minimum absolute atomic E-state index is 0.0683. The van der Waals surface area contributed by atoms with Crippen LogP contribution in [0.2, 0.25) is 0 Å². The molecule has 174 valence electrons. The first-order valence-electron chi connectivity index (χ1n) is 10.8. The number of ether oxygens (including phenoxy) is 2. The highest BCUT2D eigenvalue weighted by molar-refractivity contribution is 6.03. The lowest BCUT2D eigenvalue weighted by atomic mass is 10.0. The number of fused-ring (bicyclic) bond motifs is 1. The van der Waals surface area contributed by atoms with Crippen molar-refractivity contribution in [3.05, 3.63) is 23.8 Å². The van der Waals surface area contributed by atoms with Crippen molar-refractivity contribution in [2.24, 2.45) is 0 Å². The summed E-state index contributed by atoms with van der Waals surface area (Å²) < 4.78 is 10.9. The zero-order chi connectivity index (χ0) is 23.6. The monoisotopic (exact) mass is 445 g/mol. The van der Waals surface area contributed by atoms with E-state index in [2.05, 4.69) is 0 Å². The molecule has 1 atom stereocenters. The SMILES string of the molecule is CC1Oc2ccc(C(=O)CCC(=O)N3CCN(C(=O)OC(C)(C)C)CC3)cc2N(C)C1=O. The van der Waals surface area contributed by atoms with Gasteiger partial charge in [-0.2, -0.15) is 0 Å². The number of carbonyl (C=O) groups is 4. The van der Waals surface area contributed by atoms with Crippen LogP contribution >= 0.6 is 0 Å². The maximum Gasteiger partial charge on any atom is 0.410 e. The molecule has 32 heavy (non-hydrogen) atoms. The number of ketones is 1. The summed E-state index contributed by atoms with van der Waals surface area (Å²) in [7, 11) is 1.65. The number of likely N-dealkylation sites (N-methyl/N-ethyl adjacent to an activating group) is 1. The Hall–Kier alpha value is -3.10. The molecule has 1 aromatic rings. The second kappa shape index (κ2) is 9.18. The molecule has 0 radical (unpaired) electrons. The first-order chi connectivity index (χ1) is 15.0. The average Bonchev–Trinajstić information content (AvgIpc) is 2.74. The average molecular weight is 446 g/mol. The van der Waals surface area contributed by atoms with Gasteiger partial charge in [0.1, 0.15) is 11.4 Å². The minimum atomic E-state index is -0.567. The van der Waals surface area contributed by atoms with Gasteiger partial charge in [0.15, 0.2) is 11.9 Å². The van der Waals surface area contributed by atoms with Crippen molar-refractivity contribution in [2.75, 3.05) is 38.1 Å². The molecule has 1 unspecified atom stereocenters. The zero-order valence-corrected chi connectivity index (χ0v) is 19.3. The summed E-state index contributed by atoms with van der Waals surface area (Å²) in [6.45, 7) is 8.74. The van der Waals surface area contributed by atoms with Crippen LogP contribution in [0.4, 0.5) is 10.5 Å². The number of benzene rings is 1. The Bertz CT molecular complexity index is 915. The van der Waals surface area contributed by atoms with Crippen LogP contribution < -0.4 is 9.64 Å². The summed E-state index contributed by atoms with van der Waals surface area (Å²) in [4.78, 5) is 54.2. The van der Waals surface area contributed by atoms with E-state index in [0.29, 0.717) is 43.2 Å². The first-order valence-corrected chi connectivity index (χ1v) is 10.8. The van der Waals surface area contributed by atoms with E-state index in [0.717, 1.165) is 0 Å². The van der Waals surface area contributed by atoms with E-state index in [4.69, 9.17) is 9.47 Å². The number of nitrogens with zero attached hydrogens (tertiary/aromatic N) is 3. The summed E-state index contributed by atoms with van der Waals surface area (Å²) in [5, 5.41) is 0. The largest absolute Gasteiger partial charge is 0.479 e. The molecule has 0 bridgehead atoms. The third kappa shape index (κ3) is 5.38. The molecule has 3 amide bonds. The Morgan fingerprint density at radius 1 is 1.06 bits per heavy atom. The lowest BCUT2D eigenvalue weighted by Crippen LogP contribution is -2.51. The zero-order valence-electron chi connectivity index (χ0n) is 19.3. The van der Waals surface area contributed by atoms with Crippen molar-refractivity contribution in [3.8, 4) is 5.75 Å². The maximum absolute atomic E-state index is 12.7. The van der Waals surface area contributed by atoms with Gasteiger partial charge in [-0.15, -0.1) is 0 Å². The summed E-state index contributed by atoms with van der Waals surface area (Å²) in [5.41, 5.74) is 0.417. The number of hydrogen-bond acceptors (Lipinski definition) is 6. The molecule has 0 saturated carbocycles. The van der Waals surface area contributed by atoms with E-state index in [1.807, 2.05) is 20.8 Å². The van der Waals surface area contributed by atoms with Crippen molar-refractivity contribution in [1.82, 2.24) is 9.80 Å². The van der Waals surface area contributed by atoms with E-state index in [1.165, 1.54) is 4.90 Å². The van der Waals surface area contributed by atoms with Crippen molar-refractivity contribution < 1.29 is 28.7 Å². The Kier molecular flexibility index (Phi) is 6.76. The lowest BCUT2D eigenvalue weighted by molar-refractivity contribution is -0.132. The van der Waals surface area contributed by atoms with Gasteiger partial charge in [0.05, 0.1) is 5.69 Å². The summed E-state index contributed by atoms with van der Waals surface area (Å²) in [6.07, 6.45) is -0.791. The molecule has 2 aliphatic rings. The highest BCUT2D eigenvalue weighted by Gasteiger charge is 2.30. The topological polar surface area (TPSA) is 96.5 Å². The maximum atomic E-state index is 12.7. The van der Waals surface area contributed by atoms with Gasteiger partial charge in [0.2, 0.25) is 5.91 Å². The number of carbonyl (C=O) groups excluding carboxylic acids is 4. The minimum Gasteiger partial charge on any atom is -0.479 e. The number of amides is 3. The predicted molar refractivity (Wildman–Crippen MR) is 118 cm³/mol. The molecule has 0 aromatic heterocycles. The molecule has 2 aliphatic heterocycles. The van der Waals surface area contributed by atoms with E-state index in [-0.39, 0.29) is 36.5 Å². The van der Waals surface area contributed by atoms with Crippen molar-refractivity contribution >= 4 is 29.4 Å². The third-order valence-corrected chi connectivity index (χ3v) is 5.47. The van der Waals surface area contributed by atoms with Crippen LogP contribution in [0, 0.1) is 0 Å². The van der Waals surface area contributed by atoms with Crippen molar-refractivity contribution in [2.45, 2.75) is 52.2 Å². The molecule has 9 heteroatoms. The molecule has 0 aliphatic carbocycles. The van der Waals surface area contributed by atoms with E-state index in [1.54, 1.807) is 42.0 Å². The summed E-state index contributed by atoms with van der Waals surface area (Å²) in [6, 6.07) is 4.97. The Balaban J connectivity index is 1.51. The molecule has 0 N–H and O–H groups in total. The quantitative estimate of drug-likeness (QED) is 0.661. The Morgan fingerprint density at radius 2 is 1.69 bits per heavy atom. The molecule has 1 fully saturated rings. The van der Waals surface area contributed by atoms with Gasteiger partial charge in [-0.05, 0) is 45.9 Å². The predicted octanol–water partition coefficient (Wildman–Crippen LogP) is 2.47. The molecular formula is C23H31N3O6. The molecule has 1 aromatic carbocycles. The lowest BCUT2D eigenvalue weighted by Gasteiger charge is -2.35. The van der Waals surface area contributed by atoms with Gasteiger partial charge in [-0.1, -0.05) is 0 Å². The van der Waals surface area contributed by atoms with Crippen LogP contribution in [-0.2, 0) is 14.3 Å².